The van der Waals surface area contributed by atoms with Crippen LogP contribution in [0.25, 0.3) is 27.8 Å². The zero-order valence-electron chi connectivity index (χ0n) is 24.7. The van der Waals surface area contributed by atoms with E-state index in [4.69, 9.17) is 0 Å². The lowest BCUT2D eigenvalue weighted by atomic mass is 9.83. The summed E-state index contributed by atoms with van der Waals surface area (Å²) in [5, 5.41) is 0. The molecule has 0 aliphatic heterocycles. The molecular formula is C38H46F2. The third-order valence-electron chi connectivity index (χ3n) is 8.63. The van der Waals surface area contributed by atoms with Gasteiger partial charge < -0.3 is 0 Å². The smallest absolute Gasteiger partial charge is 0.134 e. The molecule has 1 aliphatic rings. The molecule has 0 fully saturated rings. The highest BCUT2D eigenvalue weighted by Gasteiger charge is 2.17. The molecule has 40 heavy (non-hydrogen) atoms. The molecule has 0 nitrogen and oxygen atoms in total. The van der Waals surface area contributed by atoms with Gasteiger partial charge >= 0.3 is 0 Å². The third kappa shape index (κ3) is 7.80. The summed E-state index contributed by atoms with van der Waals surface area (Å²) in [6, 6.07) is 17.2. The molecular weight excluding hydrogens is 494 g/mol. The van der Waals surface area contributed by atoms with Gasteiger partial charge in [0.05, 0.1) is 0 Å². The predicted molar refractivity (Wildman–Crippen MR) is 168 cm³/mol. The summed E-state index contributed by atoms with van der Waals surface area (Å²) in [5.41, 5.74) is 6.88. The summed E-state index contributed by atoms with van der Waals surface area (Å²) >= 11 is 0. The first-order valence-electron chi connectivity index (χ1n) is 15.5. The van der Waals surface area contributed by atoms with Crippen molar-refractivity contribution in [1.82, 2.24) is 0 Å². The van der Waals surface area contributed by atoms with Crippen LogP contribution in [-0.2, 0) is 6.42 Å². The zero-order valence-corrected chi connectivity index (χ0v) is 24.7. The number of halogens is 2. The molecule has 3 aromatic rings. The van der Waals surface area contributed by atoms with Crippen molar-refractivity contribution in [2.24, 2.45) is 5.92 Å². The van der Waals surface area contributed by atoms with Crippen LogP contribution in [0.2, 0.25) is 0 Å². The molecule has 0 bridgehead atoms. The van der Waals surface area contributed by atoms with Gasteiger partial charge in [0.15, 0.2) is 0 Å². The average molecular weight is 541 g/mol. The van der Waals surface area contributed by atoms with Crippen molar-refractivity contribution in [3.63, 3.8) is 0 Å². The fourth-order valence-electron chi connectivity index (χ4n) is 6.02. The molecule has 0 radical (unpaired) electrons. The van der Waals surface area contributed by atoms with Crippen LogP contribution in [0.3, 0.4) is 0 Å². The molecule has 2 heteroatoms. The van der Waals surface area contributed by atoms with Gasteiger partial charge in [0.1, 0.15) is 11.6 Å². The van der Waals surface area contributed by atoms with Gasteiger partial charge in [-0.05, 0) is 97.7 Å². The van der Waals surface area contributed by atoms with Gasteiger partial charge in [-0.3, -0.25) is 0 Å². The fraction of sp³-hybridized carbons (Fsp3) is 0.421. The maximum atomic E-state index is 15.3. The van der Waals surface area contributed by atoms with Crippen LogP contribution in [0.5, 0.6) is 0 Å². The Hall–Kier alpha value is -3.00. The van der Waals surface area contributed by atoms with Crippen LogP contribution >= 0.6 is 0 Å². The van der Waals surface area contributed by atoms with Crippen molar-refractivity contribution in [1.29, 1.82) is 0 Å². The minimum absolute atomic E-state index is 0.161. The summed E-state index contributed by atoms with van der Waals surface area (Å²) in [5.74, 6) is 0.417. The molecule has 0 aromatic heterocycles. The van der Waals surface area contributed by atoms with E-state index in [1.807, 2.05) is 56.3 Å². The van der Waals surface area contributed by atoms with Crippen molar-refractivity contribution in [3.05, 3.63) is 101 Å². The Morgan fingerprint density at radius 1 is 0.825 bits per heavy atom. The van der Waals surface area contributed by atoms with Crippen molar-refractivity contribution in [2.75, 3.05) is 0 Å². The van der Waals surface area contributed by atoms with Gasteiger partial charge in [0.2, 0.25) is 0 Å². The SMILES string of the molecule is C/C=C\CCCc1ccc(-c2ccc(-c3ccc(C4=CCC(CCCCCCC)CC4)cc3F)cc2)c(F)c1C. The van der Waals surface area contributed by atoms with Gasteiger partial charge in [-0.2, -0.15) is 0 Å². The monoisotopic (exact) mass is 540 g/mol. The number of aryl methyl sites for hydroxylation is 1. The van der Waals surface area contributed by atoms with Crippen LogP contribution in [0.15, 0.2) is 72.8 Å². The summed E-state index contributed by atoms with van der Waals surface area (Å²) in [7, 11) is 0. The van der Waals surface area contributed by atoms with Crippen LogP contribution in [-0.4, -0.2) is 0 Å². The highest BCUT2D eigenvalue weighted by atomic mass is 19.1. The Balaban J connectivity index is 1.40. The van der Waals surface area contributed by atoms with Gasteiger partial charge in [0.25, 0.3) is 0 Å². The Labute approximate surface area is 241 Å². The van der Waals surface area contributed by atoms with E-state index in [2.05, 4.69) is 31.2 Å². The largest absolute Gasteiger partial charge is 0.206 e. The van der Waals surface area contributed by atoms with E-state index in [0.717, 1.165) is 65.8 Å². The highest BCUT2D eigenvalue weighted by molar-refractivity contribution is 5.74. The second-order valence-electron chi connectivity index (χ2n) is 11.5. The highest BCUT2D eigenvalue weighted by Crippen LogP contribution is 2.35. The molecule has 1 aliphatic carbocycles. The van der Waals surface area contributed by atoms with E-state index in [1.54, 1.807) is 6.07 Å². The van der Waals surface area contributed by atoms with E-state index < -0.39 is 0 Å². The minimum atomic E-state index is -0.200. The standard InChI is InChI=1S/C38H46F2/c1-4-6-8-10-11-13-29-15-17-31(18-16-29)34-24-25-35(37(39)27-34)32-19-21-33(22-20-32)36-26-23-30(28(3)38(36)40)14-12-9-7-5-2/h5,7,17,19-27,29H,4,6,8-16,18H2,1-3H3/b7-5-. The Bertz CT molecular complexity index is 1300. The molecule has 1 unspecified atom stereocenters. The quantitative estimate of drug-likeness (QED) is 0.149. The van der Waals surface area contributed by atoms with Gasteiger partial charge in [0, 0.05) is 11.1 Å². The van der Waals surface area contributed by atoms with Crippen molar-refractivity contribution >= 4 is 5.57 Å². The van der Waals surface area contributed by atoms with E-state index in [9.17, 15) is 0 Å². The molecule has 0 amide bonds. The van der Waals surface area contributed by atoms with Crippen LogP contribution in [0.4, 0.5) is 8.78 Å². The Morgan fingerprint density at radius 3 is 2.20 bits per heavy atom. The van der Waals surface area contributed by atoms with Gasteiger partial charge in [-0.25, -0.2) is 8.78 Å². The van der Waals surface area contributed by atoms with E-state index in [0.29, 0.717) is 11.1 Å². The summed E-state index contributed by atoms with van der Waals surface area (Å²) in [6.45, 7) is 6.15. The van der Waals surface area contributed by atoms with Gasteiger partial charge in [-0.1, -0.05) is 112 Å². The first-order chi connectivity index (χ1) is 19.5. The van der Waals surface area contributed by atoms with E-state index in [1.165, 1.54) is 50.5 Å². The number of hydrogen-bond donors (Lipinski definition) is 0. The lowest BCUT2D eigenvalue weighted by molar-refractivity contribution is 0.423. The molecule has 0 heterocycles. The molecule has 212 valence electrons. The third-order valence-corrected chi connectivity index (χ3v) is 8.63. The number of hydrogen-bond acceptors (Lipinski definition) is 0. The predicted octanol–water partition coefficient (Wildman–Crippen LogP) is 12.1. The first-order valence-corrected chi connectivity index (χ1v) is 15.5. The second-order valence-corrected chi connectivity index (χ2v) is 11.5. The lowest BCUT2D eigenvalue weighted by Gasteiger charge is -2.22. The van der Waals surface area contributed by atoms with Crippen LogP contribution in [0.1, 0.15) is 101 Å². The van der Waals surface area contributed by atoms with Gasteiger partial charge in [-0.15, -0.1) is 0 Å². The fourth-order valence-corrected chi connectivity index (χ4v) is 6.02. The molecule has 1 atom stereocenters. The maximum Gasteiger partial charge on any atom is 0.134 e. The number of benzene rings is 3. The molecule has 0 saturated heterocycles. The molecule has 3 aromatic carbocycles. The van der Waals surface area contributed by atoms with E-state index in [-0.39, 0.29) is 11.6 Å². The topological polar surface area (TPSA) is 0 Å². The lowest BCUT2D eigenvalue weighted by Crippen LogP contribution is -2.05. The second kappa shape index (κ2) is 15.1. The zero-order chi connectivity index (χ0) is 28.3. The van der Waals surface area contributed by atoms with Crippen molar-refractivity contribution < 1.29 is 8.78 Å². The number of rotatable bonds is 13. The number of allylic oxidation sites excluding steroid dienone is 4. The summed E-state index contributed by atoms with van der Waals surface area (Å²) in [6.07, 6.45) is 20.8. The van der Waals surface area contributed by atoms with Crippen molar-refractivity contribution in [2.45, 2.75) is 97.8 Å². The molecule has 0 spiro atoms. The Morgan fingerprint density at radius 2 is 1.52 bits per heavy atom. The first kappa shape index (κ1) is 30.0. The van der Waals surface area contributed by atoms with Crippen molar-refractivity contribution in [3.8, 4) is 22.3 Å². The normalized spacial score (nSPS) is 15.5. The van der Waals surface area contributed by atoms with E-state index >= 15 is 8.78 Å². The molecule has 4 rings (SSSR count). The van der Waals surface area contributed by atoms with Crippen LogP contribution in [0, 0.1) is 24.5 Å². The Kier molecular flexibility index (Phi) is 11.3. The number of unbranched alkanes of at least 4 members (excludes halogenated alkanes) is 5. The molecule has 0 N–H and O–H groups in total. The minimum Gasteiger partial charge on any atom is -0.206 e. The maximum absolute atomic E-state index is 15.3. The summed E-state index contributed by atoms with van der Waals surface area (Å²) < 4.78 is 30.6. The average Bonchev–Trinajstić information content (AvgIpc) is 2.98. The molecule has 0 saturated carbocycles. The summed E-state index contributed by atoms with van der Waals surface area (Å²) in [4.78, 5) is 0. The van der Waals surface area contributed by atoms with Crippen LogP contribution < -0.4 is 0 Å².